The van der Waals surface area contributed by atoms with Gasteiger partial charge >= 0.3 is 6.18 Å². The van der Waals surface area contributed by atoms with E-state index < -0.39 is 41.4 Å². The Balaban J connectivity index is 1.94. The van der Waals surface area contributed by atoms with E-state index in [4.69, 9.17) is 16.4 Å². The zero-order chi connectivity index (χ0) is 25.5. The van der Waals surface area contributed by atoms with Crippen molar-refractivity contribution in [3.05, 3.63) is 63.9 Å². The van der Waals surface area contributed by atoms with E-state index in [0.717, 1.165) is 12.1 Å². The van der Waals surface area contributed by atoms with Crippen molar-refractivity contribution in [3.8, 4) is 0 Å². The molecule has 0 bridgehead atoms. The molecule has 0 aliphatic carbocycles. The highest BCUT2D eigenvalue weighted by Crippen LogP contribution is 2.43. The molecular formula is C23H21ClF4N2O4. The van der Waals surface area contributed by atoms with Gasteiger partial charge in [-0.05, 0) is 42.2 Å². The Bertz CT molecular complexity index is 1170. The average Bonchev–Trinajstić information content (AvgIpc) is 2.72. The van der Waals surface area contributed by atoms with Crippen LogP contribution in [0.1, 0.15) is 50.0 Å². The van der Waals surface area contributed by atoms with Gasteiger partial charge in [-0.15, -0.1) is 0 Å². The number of rotatable bonds is 6. The summed E-state index contributed by atoms with van der Waals surface area (Å²) in [5.74, 6) is -2.39. The second kappa shape index (κ2) is 8.99. The highest BCUT2D eigenvalue weighted by molar-refractivity contribution is 6.31. The maximum absolute atomic E-state index is 14.0. The smallest absolute Gasteiger partial charge is 0.380 e. The Morgan fingerprint density at radius 2 is 1.91 bits per heavy atom. The van der Waals surface area contributed by atoms with Crippen LogP contribution in [-0.4, -0.2) is 34.8 Å². The summed E-state index contributed by atoms with van der Waals surface area (Å²) in [6.07, 6.45) is -6.91. The van der Waals surface area contributed by atoms with Crippen molar-refractivity contribution >= 4 is 35.2 Å². The Morgan fingerprint density at radius 3 is 2.50 bits per heavy atom. The Morgan fingerprint density at radius 1 is 1.24 bits per heavy atom. The van der Waals surface area contributed by atoms with Crippen LogP contribution < -0.4 is 5.32 Å². The van der Waals surface area contributed by atoms with Crippen LogP contribution >= 0.6 is 11.6 Å². The highest BCUT2D eigenvalue weighted by Gasteiger charge is 2.61. The topological polar surface area (TPSA) is 88.0 Å². The van der Waals surface area contributed by atoms with Gasteiger partial charge in [-0.1, -0.05) is 42.7 Å². The SMILES string of the molecule is CC1=NOC(C=O)c2ccc(NC(=O)C(O)(CC(C)(C)c3ccc(F)cc3Cl)C(F)(F)F)cc21. The molecule has 0 radical (unpaired) electrons. The van der Waals surface area contributed by atoms with E-state index in [0.29, 0.717) is 23.1 Å². The molecule has 2 aromatic rings. The highest BCUT2D eigenvalue weighted by atomic mass is 35.5. The number of aldehydes is 1. The molecule has 2 N–H and O–H groups in total. The number of nitrogens with zero attached hydrogens (tertiary/aromatic N) is 1. The Labute approximate surface area is 197 Å². The normalized spacial score (nSPS) is 17.7. The van der Waals surface area contributed by atoms with Crippen LogP contribution in [0.4, 0.5) is 23.2 Å². The third kappa shape index (κ3) is 4.78. The molecule has 0 spiro atoms. The molecule has 1 amide bonds. The van der Waals surface area contributed by atoms with Gasteiger partial charge in [-0.3, -0.25) is 9.59 Å². The number of fused-ring (bicyclic) bond motifs is 1. The number of aliphatic hydroxyl groups is 1. The van der Waals surface area contributed by atoms with E-state index >= 15 is 0 Å². The third-order valence-corrected chi connectivity index (χ3v) is 5.95. The number of carbonyl (C=O) groups excluding carboxylic acids is 2. The number of hydrogen-bond acceptors (Lipinski definition) is 5. The Kier molecular flexibility index (Phi) is 6.78. The summed E-state index contributed by atoms with van der Waals surface area (Å²) in [6.45, 7) is 4.27. The number of amides is 1. The van der Waals surface area contributed by atoms with Crippen molar-refractivity contribution in [1.82, 2.24) is 0 Å². The fourth-order valence-corrected chi connectivity index (χ4v) is 4.28. The van der Waals surface area contributed by atoms with Crippen LogP contribution in [-0.2, 0) is 19.8 Å². The molecule has 0 saturated heterocycles. The van der Waals surface area contributed by atoms with Crippen LogP contribution in [0.25, 0.3) is 0 Å². The van der Waals surface area contributed by atoms with Gasteiger partial charge in [0.1, 0.15) is 5.82 Å². The van der Waals surface area contributed by atoms with E-state index in [1.165, 1.54) is 38.1 Å². The summed E-state index contributed by atoms with van der Waals surface area (Å²) in [7, 11) is 0. The van der Waals surface area contributed by atoms with Crippen LogP contribution in [0.5, 0.6) is 0 Å². The molecule has 1 aliphatic heterocycles. The first-order chi connectivity index (χ1) is 15.7. The van der Waals surface area contributed by atoms with Crippen molar-refractivity contribution in [3.63, 3.8) is 0 Å². The van der Waals surface area contributed by atoms with Crippen molar-refractivity contribution in [1.29, 1.82) is 0 Å². The number of alkyl halides is 3. The van der Waals surface area contributed by atoms with Gasteiger partial charge in [0.05, 0.1) is 5.71 Å². The molecule has 2 aromatic carbocycles. The zero-order valence-corrected chi connectivity index (χ0v) is 19.1. The van der Waals surface area contributed by atoms with Gasteiger partial charge in [0.2, 0.25) is 11.7 Å². The maximum atomic E-state index is 14.0. The second-order valence-corrected chi connectivity index (χ2v) is 9.05. The molecule has 1 heterocycles. The molecule has 11 heteroatoms. The van der Waals surface area contributed by atoms with Crippen molar-refractivity contribution in [2.24, 2.45) is 5.16 Å². The van der Waals surface area contributed by atoms with E-state index in [9.17, 15) is 32.3 Å². The van der Waals surface area contributed by atoms with Gasteiger partial charge in [0, 0.05) is 28.3 Å². The first kappa shape index (κ1) is 25.6. The van der Waals surface area contributed by atoms with Gasteiger partial charge in [0.25, 0.3) is 5.91 Å². The van der Waals surface area contributed by atoms with Crippen molar-refractivity contribution in [2.45, 2.75) is 50.5 Å². The Hall–Kier alpha value is -2.98. The standard InChI is InChI=1S/C23H21ClF4N2O4/c1-12-16-9-14(5-6-15(16)19(10-31)34-30-12)29-20(32)22(33,23(26,27)28)11-21(2,3)17-7-4-13(25)8-18(17)24/h4-10,19,33H,11H2,1-3H3,(H,29,32). The monoisotopic (exact) mass is 500 g/mol. The molecule has 182 valence electrons. The lowest BCUT2D eigenvalue weighted by Crippen LogP contribution is -2.57. The number of hydrogen-bond donors (Lipinski definition) is 2. The molecule has 6 nitrogen and oxygen atoms in total. The first-order valence-corrected chi connectivity index (χ1v) is 10.4. The van der Waals surface area contributed by atoms with Gasteiger partial charge < -0.3 is 15.3 Å². The first-order valence-electron chi connectivity index (χ1n) is 10.1. The summed E-state index contributed by atoms with van der Waals surface area (Å²) in [5.41, 5.74) is -4.02. The van der Waals surface area contributed by atoms with Crippen molar-refractivity contribution in [2.75, 3.05) is 5.32 Å². The fraction of sp³-hybridized carbons (Fsp3) is 0.348. The molecule has 3 rings (SSSR count). The van der Waals surface area contributed by atoms with E-state index in [1.54, 1.807) is 6.92 Å². The molecular weight excluding hydrogens is 480 g/mol. The molecule has 0 aromatic heterocycles. The van der Waals surface area contributed by atoms with Crippen molar-refractivity contribution < 1.29 is 37.1 Å². The summed E-state index contributed by atoms with van der Waals surface area (Å²) >= 11 is 6.02. The summed E-state index contributed by atoms with van der Waals surface area (Å²) in [5, 5.41) is 16.3. The minimum absolute atomic E-state index is 0.0508. The quantitative estimate of drug-likeness (QED) is 0.428. The summed E-state index contributed by atoms with van der Waals surface area (Å²) in [4.78, 5) is 29.0. The number of oxime groups is 1. The summed E-state index contributed by atoms with van der Waals surface area (Å²) < 4.78 is 55.5. The van der Waals surface area contributed by atoms with Crippen LogP contribution in [0, 0.1) is 5.82 Å². The lowest BCUT2D eigenvalue weighted by atomic mass is 9.74. The minimum atomic E-state index is -5.34. The lowest BCUT2D eigenvalue weighted by Gasteiger charge is -2.37. The lowest BCUT2D eigenvalue weighted by molar-refractivity contribution is -0.254. The molecule has 1 aliphatic rings. The largest absolute Gasteiger partial charge is 0.426 e. The fourth-order valence-electron chi connectivity index (χ4n) is 3.85. The predicted octanol–water partition coefficient (Wildman–Crippen LogP) is 5.07. The van der Waals surface area contributed by atoms with Crippen LogP contribution in [0.15, 0.2) is 41.6 Å². The second-order valence-electron chi connectivity index (χ2n) is 8.64. The minimum Gasteiger partial charge on any atom is -0.380 e. The maximum Gasteiger partial charge on any atom is 0.426 e. The summed E-state index contributed by atoms with van der Waals surface area (Å²) in [6, 6.07) is 7.22. The molecule has 34 heavy (non-hydrogen) atoms. The number of carbonyl (C=O) groups is 2. The average molecular weight is 501 g/mol. The number of nitrogens with one attached hydrogen (secondary N) is 1. The molecule has 0 fully saturated rings. The number of anilines is 1. The van der Waals surface area contributed by atoms with Crippen LogP contribution in [0.3, 0.4) is 0 Å². The molecule has 0 saturated carbocycles. The molecule has 2 atom stereocenters. The third-order valence-electron chi connectivity index (χ3n) is 5.64. The van der Waals surface area contributed by atoms with E-state index in [-0.39, 0.29) is 16.3 Å². The number of benzene rings is 2. The van der Waals surface area contributed by atoms with E-state index in [1.807, 2.05) is 0 Å². The van der Waals surface area contributed by atoms with Crippen LogP contribution in [0.2, 0.25) is 5.02 Å². The van der Waals surface area contributed by atoms with Gasteiger partial charge in [0.15, 0.2) is 6.29 Å². The molecule has 2 unspecified atom stereocenters. The predicted molar refractivity (Wildman–Crippen MR) is 117 cm³/mol. The number of halogens is 5. The zero-order valence-electron chi connectivity index (χ0n) is 18.3. The van der Waals surface area contributed by atoms with Gasteiger partial charge in [-0.25, -0.2) is 4.39 Å². The van der Waals surface area contributed by atoms with Gasteiger partial charge in [-0.2, -0.15) is 13.2 Å². The van der Waals surface area contributed by atoms with E-state index in [2.05, 4.69) is 10.5 Å².